The molecule has 0 aromatic carbocycles. The first-order valence-corrected chi connectivity index (χ1v) is 10.3. The smallest absolute Gasteiger partial charge is 0.194 e. The number of aliphatic imine (C=N–C) groups is 1. The van der Waals surface area contributed by atoms with Gasteiger partial charge in [-0.15, -0.1) is 24.0 Å². The summed E-state index contributed by atoms with van der Waals surface area (Å²) in [6.07, 6.45) is 5.18. The van der Waals surface area contributed by atoms with E-state index in [1.165, 1.54) is 0 Å². The number of fused-ring (bicyclic) bond motifs is 1. The number of pyridine rings is 1. The van der Waals surface area contributed by atoms with Crippen LogP contribution in [0.4, 0.5) is 11.6 Å². The van der Waals surface area contributed by atoms with Gasteiger partial charge in [0.2, 0.25) is 0 Å². The van der Waals surface area contributed by atoms with Crippen molar-refractivity contribution < 1.29 is 0 Å². The number of anilines is 2. The lowest BCUT2D eigenvalue weighted by atomic mass is 10.3. The Balaban J connectivity index is 0.00000272. The second-order valence-corrected chi connectivity index (χ2v) is 7.05. The average molecular weight is 536 g/mol. The Morgan fingerprint density at radius 2 is 1.97 bits per heavy atom. The fraction of sp³-hybridized carbons (Fsp3) is 0.450. The largest absolute Gasteiger partial charge is 0.367 e. The minimum Gasteiger partial charge on any atom is -0.367 e. The van der Waals surface area contributed by atoms with Crippen molar-refractivity contribution in [3.8, 4) is 0 Å². The van der Waals surface area contributed by atoms with Crippen molar-refractivity contribution in [2.45, 2.75) is 6.92 Å². The highest BCUT2D eigenvalue weighted by molar-refractivity contribution is 14.0. The summed E-state index contributed by atoms with van der Waals surface area (Å²) in [6, 6.07) is 6.04. The number of hydrogen-bond donors (Lipinski definition) is 2. The molecular formula is C20H29IN10. The van der Waals surface area contributed by atoms with E-state index in [4.69, 9.17) is 4.99 Å². The molecule has 4 heterocycles. The first-order valence-electron chi connectivity index (χ1n) is 10.3. The van der Waals surface area contributed by atoms with Crippen LogP contribution in [0.25, 0.3) is 11.0 Å². The molecule has 0 radical (unpaired) electrons. The number of halogens is 1. The van der Waals surface area contributed by atoms with Gasteiger partial charge >= 0.3 is 0 Å². The van der Waals surface area contributed by atoms with Crippen LogP contribution >= 0.6 is 24.0 Å². The molecule has 0 bridgehead atoms. The topological polar surface area (TPSA) is 99.4 Å². The number of nitrogens with one attached hydrogen (secondary N) is 2. The summed E-state index contributed by atoms with van der Waals surface area (Å²) in [5, 5.41) is 11.9. The molecule has 2 N–H and O–H groups in total. The van der Waals surface area contributed by atoms with Crippen LogP contribution in [0.2, 0.25) is 0 Å². The Morgan fingerprint density at radius 3 is 2.71 bits per heavy atom. The highest BCUT2D eigenvalue weighted by Gasteiger charge is 2.20. The van der Waals surface area contributed by atoms with E-state index >= 15 is 0 Å². The maximum absolute atomic E-state index is 4.81. The molecule has 0 unspecified atom stereocenters. The lowest BCUT2D eigenvalue weighted by Crippen LogP contribution is -2.52. The zero-order valence-electron chi connectivity index (χ0n) is 17.9. The molecule has 11 heteroatoms. The number of piperazine rings is 1. The summed E-state index contributed by atoms with van der Waals surface area (Å²) in [5.74, 6) is 2.78. The van der Waals surface area contributed by atoms with Crippen LogP contribution in [0.1, 0.15) is 6.92 Å². The van der Waals surface area contributed by atoms with Gasteiger partial charge < -0.3 is 20.4 Å². The Bertz CT molecular complexity index is 982. The van der Waals surface area contributed by atoms with Crippen LogP contribution in [0, 0.1) is 0 Å². The maximum Gasteiger partial charge on any atom is 0.194 e. The van der Waals surface area contributed by atoms with Crippen LogP contribution in [-0.4, -0.2) is 81.4 Å². The molecule has 3 aromatic rings. The van der Waals surface area contributed by atoms with E-state index < -0.39 is 0 Å². The molecule has 4 rings (SSSR count). The fourth-order valence-electron chi connectivity index (χ4n) is 3.55. The summed E-state index contributed by atoms with van der Waals surface area (Å²) < 4.78 is 1.74. The molecule has 166 valence electrons. The molecule has 0 spiro atoms. The van der Waals surface area contributed by atoms with E-state index in [1.807, 2.05) is 25.4 Å². The predicted molar refractivity (Wildman–Crippen MR) is 134 cm³/mol. The quantitative estimate of drug-likeness (QED) is 0.212. The van der Waals surface area contributed by atoms with Gasteiger partial charge in [0.1, 0.15) is 18.0 Å². The van der Waals surface area contributed by atoms with Crippen LogP contribution in [0.15, 0.2) is 41.9 Å². The number of aryl methyl sites for hydroxylation is 1. The lowest BCUT2D eigenvalue weighted by molar-refractivity contribution is 0.371. The molecule has 0 amide bonds. The van der Waals surface area contributed by atoms with E-state index in [-0.39, 0.29) is 24.0 Å². The van der Waals surface area contributed by atoms with Crippen molar-refractivity contribution in [3.05, 3.63) is 36.9 Å². The highest BCUT2D eigenvalue weighted by atomic mass is 127. The predicted octanol–water partition coefficient (Wildman–Crippen LogP) is 1.58. The third-order valence-electron chi connectivity index (χ3n) is 5.08. The van der Waals surface area contributed by atoms with Crippen molar-refractivity contribution in [2.75, 3.05) is 56.0 Å². The molecule has 31 heavy (non-hydrogen) atoms. The van der Waals surface area contributed by atoms with Gasteiger partial charge in [-0.1, -0.05) is 6.07 Å². The Hall–Kier alpha value is -2.70. The zero-order chi connectivity index (χ0) is 20.8. The molecule has 1 fully saturated rings. The number of rotatable bonds is 6. The van der Waals surface area contributed by atoms with Gasteiger partial charge in [-0.25, -0.2) is 15.0 Å². The summed E-state index contributed by atoms with van der Waals surface area (Å²) >= 11 is 0. The summed E-state index contributed by atoms with van der Waals surface area (Å²) in [5.41, 5.74) is 0.815. The van der Waals surface area contributed by atoms with Crippen LogP contribution < -0.4 is 15.5 Å². The van der Waals surface area contributed by atoms with Gasteiger partial charge in [-0.05, 0) is 19.1 Å². The average Bonchev–Trinajstić information content (AvgIpc) is 3.18. The number of nitrogens with zero attached hydrogens (tertiary/aromatic N) is 8. The van der Waals surface area contributed by atoms with Crippen molar-refractivity contribution in [1.82, 2.24) is 34.9 Å². The SMILES string of the molecule is CCNC(=NCCNc1ncnc2c1cnn2C)N1CCN(c2ccccn2)CC1.I. The monoisotopic (exact) mass is 536 g/mol. The van der Waals surface area contributed by atoms with Crippen molar-refractivity contribution in [1.29, 1.82) is 0 Å². The first kappa shape index (κ1) is 23.0. The molecule has 1 saturated heterocycles. The van der Waals surface area contributed by atoms with E-state index in [1.54, 1.807) is 17.2 Å². The zero-order valence-corrected chi connectivity index (χ0v) is 20.2. The van der Waals surface area contributed by atoms with Gasteiger partial charge in [-0.2, -0.15) is 5.10 Å². The van der Waals surface area contributed by atoms with Crippen molar-refractivity contribution >= 4 is 52.6 Å². The number of aromatic nitrogens is 5. The molecular weight excluding hydrogens is 507 g/mol. The molecule has 1 aliphatic rings. The van der Waals surface area contributed by atoms with E-state index in [0.29, 0.717) is 13.1 Å². The van der Waals surface area contributed by atoms with Gasteiger partial charge in [-0.3, -0.25) is 9.67 Å². The van der Waals surface area contributed by atoms with Crippen molar-refractivity contribution in [3.63, 3.8) is 0 Å². The molecule has 3 aromatic heterocycles. The third-order valence-corrected chi connectivity index (χ3v) is 5.08. The first-order chi connectivity index (χ1) is 14.8. The van der Waals surface area contributed by atoms with Crippen LogP contribution in [0.3, 0.4) is 0 Å². The minimum atomic E-state index is 0. The number of guanidine groups is 1. The third kappa shape index (κ3) is 5.51. The highest BCUT2D eigenvalue weighted by Crippen LogP contribution is 2.17. The Kier molecular flexibility index (Phi) is 8.20. The molecule has 1 aliphatic heterocycles. The van der Waals surface area contributed by atoms with Crippen LogP contribution in [-0.2, 0) is 7.05 Å². The van der Waals surface area contributed by atoms with Crippen LogP contribution in [0.5, 0.6) is 0 Å². The van der Waals surface area contributed by atoms with Crippen molar-refractivity contribution in [2.24, 2.45) is 12.0 Å². The Labute approximate surface area is 199 Å². The fourth-order valence-corrected chi connectivity index (χ4v) is 3.55. The van der Waals surface area contributed by atoms with Gasteiger partial charge in [0.15, 0.2) is 11.6 Å². The van der Waals surface area contributed by atoms with E-state index in [2.05, 4.69) is 53.5 Å². The standard InChI is InChI=1S/C20H28N10.HI/c1-3-21-20(30-12-10-29(11-13-30)17-6-4-5-7-22-17)24-9-8-23-18-16-14-27-28(2)19(16)26-15-25-18;/h4-7,14-15H,3,8-13H2,1-2H3,(H,21,24)(H,23,25,26);1H. The normalized spacial score (nSPS) is 14.5. The molecule has 10 nitrogen and oxygen atoms in total. The summed E-state index contributed by atoms with van der Waals surface area (Å²) in [6.45, 7) is 7.96. The van der Waals surface area contributed by atoms with Gasteiger partial charge in [0.05, 0.1) is 18.1 Å². The second-order valence-electron chi connectivity index (χ2n) is 7.05. The van der Waals surface area contributed by atoms with E-state index in [9.17, 15) is 0 Å². The second kappa shape index (κ2) is 11.1. The lowest BCUT2D eigenvalue weighted by Gasteiger charge is -2.37. The van der Waals surface area contributed by atoms with Gasteiger partial charge in [0.25, 0.3) is 0 Å². The van der Waals surface area contributed by atoms with E-state index in [0.717, 1.165) is 61.4 Å². The molecule has 0 aliphatic carbocycles. The summed E-state index contributed by atoms with van der Waals surface area (Å²) in [4.78, 5) is 22.5. The summed E-state index contributed by atoms with van der Waals surface area (Å²) in [7, 11) is 1.87. The number of hydrogen-bond acceptors (Lipinski definition) is 7. The minimum absolute atomic E-state index is 0. The molecule has 0 saturated carbocycles. The maximum atomic E-state index is 4.81. The Morgan fingerprint density at radius 1 is 1.13 bits per heavy atom. The molecule has 0 atom stereocenters. The van der Waals surface area contributed by atoms with Gasteiger partial charge in [0, 0.05) is 52.5 Å².